The molecule has 1 amide bonds. The Morgan fingerprint density at radius 2 is 2.14 bits per heavy atom. The monoisotopic (exact) mass is 321 g/mol. The number of aromatic nitrogens is 2. The van der Waals surface area contributed by atoms with Gasteiger partial charge in [0.05, 0.1) is 10.7 Å². The van der Waals surface area contributed by atoms with Crippen molar-refractivity contribution in [1.29, 1.82) is 0 Å². The summed E-state index contributed by atoms with van der Waals surface area (Å²) in [5.41, 5.74) is 1.58. The Labute approximate surface area is 133 Å². The van der Waals surface area contributed by atoms with Gasteiger partial charge in [-0.25, -0.2) is 4.39 Å². The third-order valence-electron chi connectivity index (χ3n) is 3.05. The molecule has 0 fully saturated rings. The smallest absolute Gasteiger partial charge is 0.244 e. The lowest BCUT2D eigenvalue weighted by atomic mass is 10.2. The summed E-state index contributed by atoms with van der Waals surface area (Å²) in [4.78, 5) is 11.6. The molecule has 0 saturated carbocycles. The molecular weight excluding hydrogens is 305 g/mol. The van der Waals surface area contributed by atoms with Crippen LogP contribution in [0.25, 0.3) is 6.08 Å². The highest BCUT2D eigenvalue weighted by atomic mass is 35.5. The van der Waals surface area contributed by atoms with Crippen LogP contribution in [0.3, 0.4) is 0 Å². The van der Waals surface area contributed by atoms with Gasteiger partial charge in [0, 0.05) is 25.4 Å². The number of nitrogens with zero attached hydrogens (tertiary/aromatic N) is 2. The van der Waals surface area contributed by atoms with Crippen LogP contribution in [0, 0.1) is 12.7 Å². The molecule has 0 atom stereocenters. The Bertz CT molecular complexity index is 645. The highest BCUT2D eigenvalue weighted by Gasteiger charge is 2.01. The lowest BCUT2D eigenvalue weighted by Gasteiger charge is -2.03. The maximum absolute atomic E-state index is 12.7. The van der Waals surface area contributed by atoms with Crippen molar-refractivity contribution in [3.63, 3.8) is 0 Å². The van der Waals surface area contributed by atoms with Crippen LogP contribution >= 0.6 is 11.6 Å². The fourth-order valence-electron chi connectivity index (χ4n) is 1.87. The molecule has 0 aliphatic carbocycles. The number of aryl methyl sites for hydroxylation is 2. The number of rotatable bonds is 6. The molecule has 0 radical (unpaired) electrons. The molecule has 22 heavy (non-hydrogen) atoms. The normalized spacial score (nSPS) is 11.0. The van der Waals surface area contributed by atoms with Gasteiger partial charge in [-0.2, -0.15) is 5.10 Å². The maximum Gasteiger partial charge on any atom is 0.244 e. The van der Waals surface area contributed by atoms with E-state index in [1.807, 2.05) is 6.92 Å². The van der Waals surface area contributed by atoms with Crippen molar-refractivity contribution in [3.8, 4) is 0 Å². The van der Waals surface area contributed by atoms with E-state index in [1.54, 1.807) is 29.1 Å². The molecule has 1 aromatic heterocycles. The van der Waals surface area contributed by atoms with Crippen LogP contribution in [-0.4, -0.2) is 22.2 Å². The highest BCUT2D eigenvalue weighted by Crippen LogP contribution is 2.11. The third-order valence-corrected chi connectivity index (χ3v) is 3.42. The molecule has 0 unspecified atom stereocenters. The van der Waals surface area contributed by atoms with Crippen LogP contribution in [-0.2, 0) is 11.3 Å². The second-order valence-electron chi connectivity index (χ2n) is 4.85. The number of amides is 1. The topological polar surface area (TPSA) is 46.9 Å². The molecule has 1 N–H and O–H groups in total. The van der Waals surface area contributed by atoms with E-state index in [-0.39, 0.29) is 11.7 Å². The molecule has 0 bridgehead atoms. The minimum atomic E-state index is -0.296. The fraction of sp³-hybridized carbons (Fsp3) is 0.250. The van der Waals surface area contributed by atoms with Crippen LogP contribution in [0.1, 0.15) is 17.7 Å². The van der Waals surface area contributed by atoms with E-state index in [2.05, 4.69) is 10.4 Å². The second-order valence-corrected chi connectivity index (χ2v) is 5.26. The maximum atomic E-state index is 12.7. The first-order valence-corrected chi connectivity index (χ1v) is 7.33. The summed E-state index contributed by atoms with van der Waals surface area (Å²) in [6, 6.07) is 5.94. The average molecular weight is 322 g/mol. The predicted octanol–water partition coefficient (Wildman–Crippen LogP) is 3.20. The van der Waals surface area contributed by atoms with Gasteiger partial charge in [-0.15, -0.1) is 0 Å². The Balaban J connectivity index is 1.70. The van der Waals surface area contributed by atoms with E-state index in [9.17, 15) is 9.18 Å². The largest absolute Gasteiger partial charge is 0.352 e. The molecule has 2 aromatic rings. The summed E-state index contributed by atoms with van der Waals surface area (Å²) in [7, 11) is 0. The van der Waals surface area contributed by atoms with Gasteiger partial charge in [0.1, 0.15) is 5.82 Å². The number of halogens is 2. The van der Waals surface area contributed by atoms with Crippen LogP contribution < -0.4 is 5.32 Å². The first-order chi connectivity index (χ1) is 10.5. The number of carbonyl (C=O) groups is 1. The minimum absolute atomic E-state index is 0.181. The van der Waals surface area contributed by atoms with Crippen LogP contribution in [0.5, 0.6) is 0 Å². The van der Waals surface area contributed by atoms with Crippen molar-refractivity contribution >= 4 is 23.6 Å². The van der Waals surface area contributed by atoms with E-state index in [0.717, 1.165) is 17.7 Å². The van der Waals surface area contributed by atoms with Gasteiger partial charge < -0.3 is 5.32 Å². The summed E-state index contributed by atoms with van der Waals surface area (Å²) >= 11 is 5.92. The van der Waals surface area contributed by atoms with E-state index in [1.165, 1.54) is 18.2 Å². The number of hydrogen-bond acceptors (Lipinski definition) is 2. The van der Waals surface area contributed by atoms with Gasteiger partial charge >= 0.3 is 0 Å². The molecule has 1 aromatic carbocycles. The van der Waals surface area contributed by atoms with Gasteiger partial charge in [-0.1, -0.05) is 23.7 Å². The Hall–Kier alpha value is -2.14. The predicted molar refractivity (Wildman–Crippen MR) is 85.0 cm³/mol. The minimum Gasteiger partial charge on any atom is -0.352 e. The van der Waals surface area contributed by atoms with E-state index in [4.69, 9.17) is 11.6 Å². The molecule has 6 heteroatoms. The molecule has 4 nitrogen and oxygen atoms in total. The van der Waals surface area contributed by atoms with Crippen molar-refractivity contribution in [2.75, 3.05) is 6.54 Å². The Morgan fingerprint density at radius 3 is 2.77 bits per heavy atom. The van der Waals surface area contributed by atoms with Gasteiger partial charge in [0.15, 0.2) is 0 Å². The van der Waals surface area contributed by atoms with Gasteiger partial charge in [-0.3, -0.25) is 9.48 Å². The summed E-state index contributed by atoms with van der Waals surface area (Å²) < 4.78 is 14.5. The highest BCUT2D eigenvalue weighted by molar-refractivity contribution is 6.31. The molecule has 1 heterocycles. The fourth-order valence-corrected chi connectivity index (χ4v) is 2.02. The summed E-state index contributed by atoms with van der Waals surface area (Å²) in [6.45, 7) is 3.08. The molecule has 116 valence electrons. The van der Waals surface area contributed by atoms with Crippen molar-refractivity contribution in [2.45, 2.75) is 19.9 Å². The lowest BCUT2D eigenvalue weighted by Crippen LogP contribution is -2.23. The van der Waals surface area contributed by atoms with Gasteiger partial charge in [-0.05, 0) is 37.1 Å². The quantitative estimate of drug-likeness (QED) is 0.656. The summed E-state index contributed by atoms with van der Waals surface area (Å²) in [5, 5.41) is 7.66. The number of nitrogens with one attached hydrogen (secondary N) is 1. The standard InChI is InChI=1S/C16H17ClFN3O/c1-12-15(17)11-21(20-12)10-2-9-19-16(22)8-5-13-3-6-14(18)7-4-13/h3-8,11H,2,9-10H2,1H3,(H,19,22)/b8-5+. The van der Waals surface area contributed by atoms with E-state index in [0.29, 0.717) is 18.1 Å². The number of benzene rings is 1. The first-order valence-electron chi connectivity index (χ1n) is 6.95. The average Bonchev–Trinajstić information content (AvgIpc) is 2.82. The second kappa shape index (κ2) is 7.75. The molecular formula is C16H17ClFN3O. The zero-order chi connectivity index (χ0) is 15.9. The lowest BCUT2D eigenvalue weighted by molar-refractivity contribution is -0.116. The van der Waals surface area contributed by atoms with Crippen LogP contribution in [0.15, 0.2) is 36.5 Å². The van der Waals surface area contributed by atoms with E-state index >= 15 is 0 Å². The zero-order valence-corrected chi connectivity index (χ0v) is 13.0. The van der Waals surface area contributed by atoms with Crippen molar-refractivity contribution < 1.29 is 9.18 Å². The van der Waals surface area contributed by atoms with Crippen molar-refractivity contribution in [1.82, 2.24) is 15.1 Å². The number of carbonyl (C=O) groups excluding carboxylic acids is 1. The summed E-state index contributed by atoms with van der Waals surface area (Å²) in [6.07, 6.45) is 5.61. The number of hydrogen-bond donors (Lipinski definition) is 1. The first kappa shape index (κ1) is 16.2. The molecule has 0 aliphatic rings. The molecule has 2 rings (SSSR count). The van der Waals surface area contributed by atoms with Crippen LogP contribution in [0.2, 0.25) is 5.02 Å². The Kier molecular flexibility index (Phi) is 5.72. The third kappa shape index (κ3) is 5.00. The van der Waals surface area contributed by atoms with Crippen molar-refractivity contribution in [3.05, 3.63) is 58.6 Å². The molecule has 0 aliphatic heterocycles. The zero-order valence-electron chi connectivity index (χ0n) is 12.2. The van der Waals surface area contributed by atoms with Gasteiger partial charge in [0.2, 0.25) is 5.91 Å². The van der Waals surface area contributed by atoms with Crippen molar-refractivity contribution in [2.24, 2.45) is 0 Å². The molecule has 0 saturated heterocycles. The SMILES string of the molecule is Cc1nn(CCCNC(=O)/C=C/c2ccc(F)cc2)cc1Cl. The summed E-state index contributed by atoms with van der Waals surface area (Å²) in [5.74, 6) is -0.477. The molecule has 0 spiro atoms. The van der Waals surface area contributed by atoms with E-state index < -0.39 is 0 Å². The Morgan fingerprint density at radius 1 is 1.41 bits per heavy atom. The van der Waals surface area contributed by atoms with Gasteiger partial charge in [0.25, 0.3) is 0 Å². The van der Waals surface area contributed by atoms with Crippen LogP contribution in [0.4, 0.5) is 4.39 Å².